The van der Waals surface area contributed by atoms with Gasteiger partial charge in [0.15, 0.2) is 0 Å². The number of hydrogen-bond donors (Lipinski definition) is 2. The Labute approximate surface area is 95.1 Å². The van der Waals surface area contributed by atoms with Crippen LogP contribution in [0.15, 0.2) is 30.3 Å². The second kappa shape index (κ2) is 5.89. The lowest BCUT2D eigenvalue weighted by molar-refractivity contribution is -0.123. The predicted octanol–water partition coefficient (Wildman–Crippen LogP) is 1.10. The number of nitrogens with one attached hydrogen (secondary N) is 1. The van der Waals surface area contributed by atoms with Crippen LogP contribution in [0.2, 0.25) is 0 Å². The lowest BCUT2D eigenvalue weighted by atomic mass is 10.1. The molecule has 0 spiro atoms. The minimum atomic E-state index is -0.678. The van der Waals surface area contributed by atoms with E-state index < -0.39 is 6.04 Å². The van der Waals surface area contributed by atoms with Gasteiger partial charge in [0.05, 0.1) is 12.5 Å². The zero-order chi connectivity index (χ0) is 12.0. The Bertz CT molecular complexity index is 383. The molecule has 0 saturated carbocycles. The van der Waals surface area contributed by atoms with Crippen molar-refractivity contribution < 1.29 is 4.79 Å². The van der Waals surface area contributed by atoms with Crippen LogP contribution in [0, 0.1) is 11.3 Å². The Kier molecular flexibility index (Phi) is 4.49. The summed E-state index contributed by atoms with van der Waals surface area (Å²) in [7, 11) is 0. The standard InChI is InChI=1S/C12H15N3O/c1-9(7-8-13)15-12(16)11(14)10-5-3-2-4-6-10/h2-6,9,11H,7,14H2,1H3,(H,15,16). The molecule has 0 aliphatic carbocycles. The summed E-state index contributed by atoms with van der Waals surface area (Å²) >= 11 is 0. The summed E-state index contributed by atoms with van der Waals surface area (Å²) in [5, 5.41) is 11.2. The van der Waals surface area contributed by atoms with Crippen molar-refractivity contribution in [2.24, 2.45) is 5.73 Å². The Balaban J connectivity index is 2.59. The summed E-state index contributed by atoms with van der Waals surface area (Å²) in [5.41, 5.74) is 6.56. The van der Waals surface area contributed by atoms with Gasteiger partial charge in [0, 0.05) is 6.04 Å². The molecule has 0 aromatic heterocycles. The molecule has 2 unspecified atom stereocenters. The van der Waals surface area contributed by atoms with Gasteiger partial charge in [-0.05, 0) is 12.5 Å². The topological polar surface area (TPSA) is 78.9 Å². The van der Waals surface area contributed by atoms with Crippen molar-refractivity contribution in [3.63, 3.8) is 0 Å². The SMILES string of the molecule is CC(CC#N)NC(=O)C(N)c1ccccc1. The molecule has 84 valence electrons. The van der Waals surface area contributed by atoms with Crippen molar-refractivity contribution in [1.29, 1.82) is 5.26 Å². The number of nitrogens with two attached hydrogens (primary N) is 1. The highest BCUT2D eigenvalue weighted by atomic mass is 16.2. The van der Waals surface area contributed by atoms with E-state index >= 15 is 0 Å². The highest BCUT2D eigenvalue weighted by molar-refractivity contribution is 5.83. The van der Waals surface area contributed by atoms with Gasteiger partial charge in [-0.3, -0.25) is 4.79 Å². The first-order chi connectivity index (χ1) is 7.65. The van der Waals surface area contributed by atoms with Gasteiger partial charge in [-0.15, -0.1) is 0 Å². The van der Waals surface area contributed by atoms with E-state index in [-0.39, 0.29) is 18.4 Å². The molecule has 2 atom stereocenters. The summed E-state index contributed by atoms with van der Waals surface area (Å²) in [6.07, 6.45) is 0.285. The van der Waals surface area contributed by atoms with Crippen LogP contribution in [0.1, 0.15) is 24.9 Å². The average Bonchev–Trinajstić information content (AvgIpc) is 2.29. The molecule has 16 heavy (non-hydrogen) atoms. The molecule has 0 radical (unpaired) electrons. The molecule has 4 nitrogen and oxygen atoms in total. The predicted molar refractivity (Wildman–Crippen MR) is 61.2 cm³/mol. The van der Waals surface area contributed by atoms with Crippen molar-refractivity contribution in [2.75, 3.05) is 0 Å². The van der Waals surface area contributed by atoms with Crippen molar-refractivity contribution in [1.82, 2.24) is 5.32 Å². The molecule has 0 heterocycles. The van der Waals surface area contributed by atoms with Crippen molar-refractivity contribution in [2.45, 2.75) is 25.4 Å². The van der Waals surface area contributed by atoms with E-state index in [1.54, 1.807) is 19.1 Å². The van der Waals surface area contributed by atoms with Crippen LogP contribution in [-0.2, 0) is 4.79 Å². The number of nitrogens with zero attached hydrogens (tertiary/aromatic N) is 1. The minimum absolute atomic E-state index is 0.174. The molecule has 0 bridgehead atoms. The number of benzene rings is 1. The van der Waals surface area contributed by atoms with Gasteiger partial charge in [-0.1, -0.05) is 30.3 Å². The van der Waals surface area contributed by atoms with Crippen molar-refractivity contribution in [3.8, 4) is 6.07 Å². The molecule has 0 aliphatic rings. The van der Waals surface area contributed by atoms with E-state index in [0.717, 1.165) is 5.56 Å². The Morgan fingerprint density at radius 3 is 2.69 bits per heavy atom. The first-order valence-electron chi connectivity index (χ1n) is 5.13. The monoisotopic (exact) mass is 217 g/mol. The first kappa shape index (κ1) is 12.2. The summed E-state index contributed by atoms with van der Waals surface area (Å²) in [6, 6.07) is 10.3. The van der Waals surface area contributed by atoms with Gasteiger partial charge in [-0.2, -0.15) is 5.26 Å². The summed E-state index contributed by atoms with van der Waals surface area (Å²) in [6.45, 7) is 1.78. The number of rotatable bonds is 4. The van der Waals surface area contributed by atoms with Gasteiger partial charge in [0.2, 0.25) is 5.91 Å². The van der Waals surface area contributed by atoms with Crippen LogP contribution in [0.4, 0.5) is 0 Å². The van der Waals surface area contributed by atoms with E-state index in [1.807, 2.05) is 24.3 Å². The maximum absolute atomic E-state index is 11.7. The molecule has 1 rings (SSSR count). The number of carbonyl (C=O) groups excluding carboxylic acids is 1. The van der Waals surface area contributed by atoms with E-state index in [2.05, 4.69) is 5.32 Å². The van der Waals surface area contributed by atoms with Crippen LogP contribution in [-0.4, -0.2) is 11.9 Å². The van der Waals surface area contributed by atoms with E-state index in [4.69, 9.17) is 11.0 Å². The van der Waals surface area contributed by atoms with Crippen molar-refractivity contribution in [3.05, 3.63) is 35.9 Å². The Hall–Kier alpha value is -1.86. The Morgan fingerprint density at radius 1 is 1.50 bits per heavy atom. The molecule has 1 aromatic rings. The normalized spacial score (nSPS) is 13.6. The molecule has 1 aromatic carbocycles. The molecular formula is C12H15N3O. The van der Waals surface area contributed by atoms with Crippen LogP contribution < -0.4 is 11.1 Å². The zero-order valence-electron chi connectivity index (χ0n) is 9.18. The van der Waals surface area contributed by atoms with Gasteiger partial charge >= 0.3 is 0 Å². The van der Waals surface area contributed by atoms with Crippen LogP contribution in [0.3, 0.4) is 0 Å². The third-order valence-corrected chi connectivity index (χ3v) is 2.23. The third-order valence-electron chi connectivity index (χ3n) is 2.23. The molecule has 1 amide bonds. The lowest BCUT2D eigenvalue weighted by Crippen LogP contribution is -2.39. The Morgan fingerprint density at radius 2 is 2.12 bits per heavy atom. The minimum Gasteiger partial charge on any atom is -0.351 e. The van der Waals surface area contributed by atoms with Gasteiger partial charge in [0.1, 0.15) is 6.04 Å². The van der Waals surface area contributed by atoms with Gasteiger partial charge in [-0.25, -0.2) is 0 Å². The highest BCUT2D eigenvalue weighted by Gasteiger charge is 2.16. The maximum Gasteiger partial charge on any atom is 0.241 e. The van der Waals surface area contributed by atoms with E-state index in [9.17, 15) is 4.79 Å². The van der Waals surface area contributed by atoms with Crippen LogP contribution >= 0.6 is 0 Å². The summed E-state index contributed by atoms with van der Waals surface area (Å²) < 4.78 is 0. The molecule has 0 saturated heterocycles. The maximum atomic E-state index is 11.7. The second-order valence-corrected chi connectivity index (χ2v) is 3.66. The van der Waals surface area contributed by atoms with E-state index in [0.29, 0.717) is 0 Å². The molecule has 3 N–H and O–H groups in total. The largest absolute Gasteiger partial charge is 0.351 e. The zero-order valence-corrected chi connectivity index (χ0v) is 9.18. The molecule has 0 aliphatic heterocycles. The fourth-order valence-electron chi connectivity index (χ4n) is 1.33. The average molecular weight is 217 g/mol. The second-order valence-electron chi connectivity index (χ2n) is 3.66. The fourth-order valence-corrected chi connectivity index (χ4v) is 1.33. The summed E-state index contributed by atoms with van der Waals surface area (Å²) in [5.74, 6) is -0.256. The van der Waals surface area contributed by atoms with Crippen LogP contribution in [0.5, 0.6) is 0 Å². The summed E-state index contributed by atoms with van der Waals surface area (Å²) in [4.78, 5) is 11.7. The number of nitriles is 1. The highest BCUT2D eigenvalue weighted by Crippen LogP contribution is 2.09. The number of amides is 1. The van der Waals surface area contributed by atoms with Gasteiger partial charge < -0.3 is 11.1 Å². The quantitative estimate of drug-likeness (QED) is 0.792. The van der Waals surface area contributed by atoms with Gasteiger partial charge in [0.25, 0.3) is 0 Å². The smallest absolute Gasteiger partial charge is 0.241 e. The number of hydrogen-bond acceptors (Lipinski definition) is 3. The molecular weight excluding hydrogens is 202 g/mol. The third kappa shape index (κ3) is 3.37. The molecule has 0 fully saturated rings. The van der Waals surface area contributed by atoms with Crippen molar-refractivity contribution >= 4 is 5.91 Å². The first-order valence-corrected chi connectivity index (χ1v) is 5.13. The van der Waals surface area contributed by atoms with Crippen LogP contribution in [0.25, 0.3) is 0 Å². The van der Waals surface area contributed by atoms with E-state index in [1.165, 1.54) is 0 Å². The molecule has 4 heteroatoms. The fraction of sp³-hybridized carbons (Fsp3) is 0.333. The number of carbonyl (C=O) groups is 1. The lowest BCUT2D eigenvalue weighted by Gasteiger charge is -2.15.